The zero-order chi connectivity index (χ0) is 16.8. The Kier molecular flexibility index (Phi) is 7.95. The molecule has 0 amide bonds. The van der Waals surface area contributed by atoms with E-state index in [0.29, 0.717) is 0 Å². The van der Waals surface area contributed by atoms with E-state index in [9.17, 15) is 5.11 Å². The SMILES string of the molecule is CC[N+](C)(CC)CC#CC(O)(c1ccccc1)c1ccccc1.[I-]. The summed E-state index contributed by atoms with van der Waals surface area (Å²) in [6.45, 7) is 7.13. The molecule has 0 fully saturated rings. The van der Waals surface area contributed by atoms with Crippen LogP contribution in [0.5, 0.6) is 0 Å². The third kappa shape index (κ3) is 4.83. The summed E-state index contributed by atoms with van der Waals surface area (Å²) in [7, 11) is 2.19. The average molecular weight is 435 g/mol. The minimum absolute atomic E-state index is 0. The summed E-state index contributed by atoms with van der Waals surface area (Å²) >= 11 is 0. The molecule has 0 saturated heterocycles. The molecule has 0 aliphatic carbocycles. The van der Waals surface area contributed by atoms with Gasteiger partial charge in [-0.05, 0) is 19.8 Å². The highest BCUT2D eigenvalue weighted by Crippen LogP contribution is 2.28. The molecule has 0 unspecified atom stereocenters. The van der Waals surface area contributed by atoms with Crippen LogP contribution < -0.4 is 24.0 Å². The van der Waals surface area contributed by atoms with Gasteiger partial charge in [0.2, 0.25) is 0 Å². The predicted octanol–water partition coefficient (Wildman–Crippen LogP) is 0.416. The van der Waals surface area contributed by atoms with Gasteiger partial charge in [0.15, 0.2) is 5.60 Å². The van der Waals surface area contributed by atoms with E-state index in [1.807, 2.05) is 60.7 Å². The Morgan fingerprint density at radius 2 is 1.29 bits per heavy atom. The van der Waals surface area contributed by atoms with Crippen LogP contribution in [-0.4, -0.2) is 36.3 Å². The third-order valence-corrected chi connectivity index (χ3v) is 4.64. The maximum absolute atomic E-state index is 11.3. The highest BCUT2D eigenvalue weighted by atomic mass is 127. The van der Waals surface area contributed by atoms with Crippen LogP contribution in [0.25, 0.3) is 0 Å². The number of quaternary nitrogens is 1. The zero-order valence-corrected chi connectivity index (χ0v) is 16.8. The van der Waals surface area contributed by atoms with Gasteiger partial charge in [0, 0.05) is 11.1 Å². The van der Waals surface area contributed by atoms with Crippen molar-refractivity contribution in [1.29, 1.82) is 0 Å². The van der Waals surface area contributed by atoms with Crippen LogP contribution in [0, 0.1) is 11.8 Å². The van der Waals surface area contributed by atoms with Crippen LogP contribution >= 0.6 is 0 Å². The molecule has 0 aromatic heterocycles. The van der Waals surface area contributed by atoms with Crippen molar-refractivity contribution < 1.29 is 33.6 Å². The second kappa shape index (κ2) is 9.22. The molecule has 1 N–H and O–H groups in total. The van der Waals surface area contributed by atoms with Crippen molar-refractivity contribution in [3.8, 4) is 11.8 Å². The number of aliphatic hydroxyl groups is 1. The smallest absolute Gasteiger partial charge is 0.177 e. The van der Waals surface area contributed by atoms with Gasteiger partial charge in [-0.1, -0.05) is 66.6 Å². The molecule has 2 aromatic carbocycles. The maximum Gasteiger partial charge on any atom is 0.177 e. The fourth-order valence-electron chi connectivity index (χ4n) is 2.48. The summed E-state index contributed by atoms with van der Waals surface area (Å²) in [5, 5.41) is 11.3. The normalized spacial score (nSPS) is 11.2. The Bertz CT molecular complexity index is 630. The number of hydrogen-bond acceptors (Lipinski definition) is 1. The molecule has 2 aromatic rings. The highest BCUT2D eigenvalue weighted by Gasteiger charge is 2.29. The van der Waals surface area contributed by atoms with Gasteiger partial charge in [-0.25, -0.2) is 0 Å². The van der Waals surface area contributed by atoms with Crippen molar-refractivity contribution in [2.45, 2.75) is 19.4 Å². The predicted molar refractivity (Wildman–Crippen MR) is 95.8 cm³/mol. The van der Waals surface area contributed by atoms with Gasteiger partial charge in [-0.3, -0.25) is 0 Å². The van der Waals surface area contributed by atoms with Crippen molar-refractivity contribution in [3.05, 3.63) is 71.8 Å². The van der Waals surface area contributed by atoms with Crippen LogP contribution in [0.15, 0.2) is 60.7 Å². The molecule has 0 atom stereocenters. The number of hydrogen-bond donors (Lipinski definition) is 1. The van der Waals surface area contributed by atoms with E-state index >= 15 is 0 Å². The van der Waals surface area contributed by atoms with Crippen LogP contribution in [-0.2, 0) is 5.60 Å². The van der Waals surface area contributed by atoms with Gasteiger partial charge in [-0.2, -0.15) is 0 Å². The van der Waals surface area contributed by atoms with Crippen LogP contribution in [0.2, 0.25) is 0 Å². The van der Waals surface area contributed by atoms with E-state index in [0.717, 1.165) is 35.2 Å². The van der Waals surface area contributed by atoms with E-state index in [4.69, 9.17) is 0 Å². The number of benzene rings is 2. The summed E-state index contributed by atoms with van der Waals surface area (Å²) < 4.78 is 0.882. The molecule has 0 aliphatic heterocycles. The molecular formula is C21H26INO. The summed E-state index contributed by atoms with van der Waals surface area (Å²) in [5.41, 5.74) is 0.344. The molecular weight excluding hydrogens is 409 g/mol. The van der Waals surface area contributed by atoms with Gasteiger partial charge in [0.1, 0.15) is 6.54 Å². The van der Waals surface area contributed by atoms with Crippen molar-refractivity contribution in [2.24, 2.45) is 0 Å². The van der Waals surface area contributed by atoms with Crippen molar-refractivity contribution in [2.75, 3.05) is 26.7 Å². The zero-order valence-electron chi connectivity index (χ0n) is 14.7. The Balaban J connectivity index is 0.00000288. The lowest BCUT2D eigenvalue weighted by Crippen LogP contribution is -3.00. The van der Waals surface area contributed by atoms with Crippen molar-refractivity contribution in [3.63, 3.8) is 0 Å². The quantitative estimate of drug-likeness (QED) is 0.410. The lowest BCUT2D eigenvalue weighted by Gasteiger charge is -2.30. The van der Waals surface area contributed by atoms with Crippen LogP contribution in [0.3, 0.4) is 0 Å². The average Bonchev–Trinajstić information content (AvgIpc) is 2.63. The Morgan fingerprint density at radius 3 is 1.67 bits per heavy atom. The van der Waals surface area contributed by atoms with Gasteiger partial charge in [-0.15, -0.1) is 0 Å². The van der Waals surface area contributed by atoms with E-state index in [-0.39, 0.29) is 24.0 Å². The molecule has 2 rings (SSSR count). The van der Waals surface area contributed by atoms with E-state index < -0.39 is 5.60 Å². The van der Waals surface area contributed by atoms with E-state index in [1.54, 1.807) is 0 Å². The van der Waals surface area contributed by atoms with Crippen LogP contribution in [0.4, 0.5) is 0 Å². The number of halogens is 1. The first-order valence-electron chi connectivity index (χ1n) is 8.21. The Labute approximate surface area is 163 Å². The van der Waals surface area contributed by atoms with Crippen molar-refractivity contribution in [1.82, 2.24) is 0 Å². The lowest BCUT2D eigenvalue weighted by atomic mass is 9.87. The van der Waals surface area contributed by atoms with Gasteiger partial charge >= 0.3 is 0 Å². The Morgan fingerprint density at radius 1 is 0.875 bits per heavy atom. The van der Waals surface area contributed by atoms with Gasteiger partial charge in [0.25, 0.3) is 0 Å². The molecule has 0 bridgehead atoms. The maximum atomic E-state index is 11.3. The van der Waals surface area contributed by atoms with Crippen LogP contribution in [0.1, 0.15) is 25.0 Å². The first-order valence-corrected chi connectivity index (χ1v) is 8.21. The lowest BCUT2D eigenvalue weighted by molar-refractivity contribution is -0.899. The minimum Gasteiger partial charge on any atom is -1.00 e. The fraction of sp³-hybridized carbons (Fsp3) is 0.333. The summed E-state index contributed by atoms with van der Waals surface area (Å²) in [4.78, 5) is 0. The molecule has 128 valence electrons. The van der Waals surface area contributed by atoms with Crippen molar-refractivity contribution >= 4 is 0 Å². The molecule has 3 heteroatoms. The second-order valence-electron chi connectivity index (χ2n) is 6.15. The third-order valence-electron chi connectivity index (χ3n) is 4.64. The van der Waals surface area contributed by atoms with E-state index in [1.165, 1.54) is 0 Å². The first kappa shape index (κ1) is 20.7. The monoisotopic (exact) mass is 435 g/mol. The first-order chi connectivity index (χ1) is 11.0. The minimum atomic E-state index is -1.27. The summed E-state index contributed by atoms with van der Waals surface area (Å²) in [6, 6.07) is 19.3. The van der Waals surface area contributed by atoms with Gasteiger partial charge in [0.05, 0.1) is 20.1 Å². The molecule has 0 aliphatic rings. The molecule has 0 saturated carbocycles. The fourth-order valence-corrected chi connectivity index (χ4v) is 2.48. The van der Waals surface area contributed by atoms with E-state index in [2.05, 4.69) is 32.7 Å². The topological polar surface area (TPSA) is 20.2 Å². The van der Waals surface area contributed by atoms with Gasteiger partial charge < -0.3 is 33.6 Å². The number of rotatable bonds is 5. The summed E-state index contributed by atoms with van der Waals surface area (Å²) in [5.74, 6) is 6.38. The second-order valence-corrected chi connectivity index (χ2v) is 6.15. The molecule has 0 spiro atoms. The largest absolute Gasteiger partial charge is 1.00 e. The Hall–Kier alpha value is -1.35. The molecule has 0 heterocycles. The summed E-state index contributed by atoms with van der Waals surface area (Å²) in [6.07, 6.45) is 0. The molecule has 2 nitrogen and oxygen atoms in total. The molecule has 0 radical (unpaired) electrons. The highest BCUT2D eigenvalue weighted by molar-refractivity contribution is 5.44. The standard InChI is InChI=1S/C21H26NO.HI/c1-4-22(3,5-2)18-12-17-21(23,19-13-8-6-9-14-19)20-15-10-7-11-16-20;/h6-11,13-16,23H,4-5,18H2,1-3H3;1H/q+1;/p-1. The number of nitrogens with zero attached hydrogens (tertiary/aromatic N) is 1. The molecule has 24 heavy (non-hydrogen) atoms.